The standard InChI is InChI=1S/C9H7F9O4/c1-2-21-4(19)3(7(10,11)12)5(20)22-6(8(13,14)15)9(16,17)18/h3,6H,2H2,1H3. The fourth-order valence-corrected chi connectivity index (χ4v) is 1.09. The third-order valence-corrected chi connectivity index (χ3v) is 1.91. The van der Waals surface area contributed by atoms with Crippen LogP contribution in [0.15, 0.2) is 0 Å². The maximum Gasteiger partial charge on any atom is 0.434 e. The zero-order valence-electron chi connectivity index (χ0n) is 10.4. The molecule has 0 aromatic carbocycles. The van der Waals surface area contributed by atoms with Crippen LogP contribution in [0.5, 0.6) is 0 Å². The molecule has 0 spiro atoms. The van der Waals surface area contributed by atoms with E-state index in [1.165, 1.54) is 0 Å². The molecule has 0 fully saturated rings. The second kappa shape index (κ2) is 6.60. The smallest absolute Gasteiger partial charge is 0.434 e. The third-order valence-electron chi connectivity index (χ3n) is 1.91. The summed E-state index contributed by atoms with van der Waals surface area (Å²) in [6.07, 6.45) is -23.0. The molecule has 0 radical (unpaired) electrons. The van der Waals surface area contributed by atoms with Crippen LogP contribution in [0.3, 0.4) is 0 Å². The minimum absolute atomic E-state index is 0.694. The molecule has 0 bridgehead atoms. The Morgan fingerprint density at radius 1 is 0.818 bits per heavy atom. The van der Waals surface area contributed by atoms with Gasteiger partial charge in [-0.15, -0.1) is 0 Å². The highest BCUT2D eigenvalue weighted by molar-refractivity contribution is 5.96. The van der Waals surface area contributed by atoms with Gasteiger partial charge in [0.05, 0.1) is 6.61 Å². The van der Waals surface area contributed by atoms with Crippen molar-refractivity contribution in [3.8, 4) is 0 Å². The van der Waals surface area contributed by atoms with E-state index >= 15 is 0 Å². The summed E-state index contributed by atoms with van der Waals surface area (Å²) in [5.74, 6) is -9.35. The van der Waals surface area contributed by atoms with Gasteiger partial charge >= 0.3 is 30.5 Å². The summed E-state index contributed by atoms with van der Waals surface area (Å²) in [5.41, 5.74) is 0. The molecule has 0 saturated carbocycles. The van der Waals surface area contributed by atoms with Gasteiger partial charge in [0.25, 0.3) is 6.10 Å². The third kappa shape index (κ3) is 5.60. The molecule has 13 heteroatoms. The molecule has 0 saturated heterocycles. The molecule has 0 rings (SSSR count). The van der Waals surface area contributed by atoms with Crippen molar-refractivity contribution in [2.75, 3.05) is 6.61 Å². The molecule has 22 heavy (non-hydrogen) atoms. The van der Waals surface area contributed by atoms with E-state index in [4.69, 9.17) is 0 Å². The molecule has 0 N–H and O–H groups in total. The number of halogens is 9. The SMILES string of the molecule is CCOC(=O)C(C(=O)OC(C(F)(F)F)C(F)(F)F)C(F)(F)F. The lowest BCUT2D eigenvalue weighted by Gasteiger charge is -2.25. The van der Waals surface area contributed by atoms with Gasteiger partial charge < -0.3 is 9.47 Å². The van der Waals surface area contributed by atoms with Crippen LogP contribution in [-0.4, -0.2) is 43.2 Å². The van der Waals surface area contributed by atoms with Crippen molar-refractivity contribution in [2.24, 2.45) is 5.92 Å². The van der Waals surface area contributed by atoms with Crippen molar-refractivity contribution in [3.63, 3.8) is 0 Å². The van der Waals surface area contributed by atoms with Gasteiger partial charge in [-0.25, -0.2) is 0 Å². The van der Waals surface area contributed by atoms with Crippen LogP contribution >= 0.6 is 0 Å². The summed E-state index contributed by atoms with van der Waals surface area (Å²) in [5, 5.41) is 0. The summed E-state index contributed by atoms with van der Waals surface area (Å²) in [4.78, 5) is 21.9. The number of carbonyl (C=O) groups excluding carboxylic acids is 2. The highest BCUT2D eigenvalue weighted by Crippen LogP contribution is 2.37. The van der Waals surface area contributed by atoms with E-state index < -0.39 is 49.1 Å². The summed E-state index contributed by atoms with van der Waals surface area (Å²) < 4.78 is 116. The molecule has 0 amide bonds. The number of ether oxygens (including phenoxy) is 2. The largest absolute Gasteiger partial charge is 0.465 e. The zero-order valence-corrected chi connectivity index (χ0v) is 10.4. The molecule has 4 nitrogen and oxygen atoms in total. The second-order valence-electron chi connectivity index (χ2n) is 3.63. The summed E-state index contributed by atoms with van der Waals surface area (Å²) in [6.45, 7) is 0.311. The molecule has 130 valence electrons. The van der Waals surface area contributed by atoms with E-state index in [9.17, 15) is 49.1 Å². The molecule has 0 aliphatic rings. The minimum atomic E-state index is -6.21. The number of rotatable bonds is 4. The lowest BCUT2D eigenvalue weighted by atomic mass is 10.1. The van der Waals surface area contributed by atoms with Crippen molar-refractivity contribution < 1.29 is 58.6 Å². The predicted molar refractivity (Wildman–Crippen MR) is 48.2 cm³/mol. The molecule has 1 unspecified atom stereocenters. The van der Waals surface area contributed by atoms with Crippen LogP contribution in [0.25, 0.3) is 0 Å². The van der Waals surface area contributed by atoms with Crippen molar-refractivity contribution >= 4 is 11.9 Å². The second-order valence-corrected chi connectivity index (χ2v) is 3.63. The molecular weight excluding hydrogens is 343 g/mol. The van der Waals surface area contributed by atoms with Crippen LogP contribution < -0.4 is 0 Å². The Morgan fingerprint density at radius 3 is 1.50 bits per heavy atom. The Morgan fingerprint density at radius 2 is 1.23 bits per heavy atom. The molecule has 0 aliphatic heterocycles. The maximum atomic E-state index is 12.4. The predicted octanol–water partition coefficient (Wildman–Crippen LogP) is 2.76. The van der Waals surface area contributed by atoms with E-state index in [2.05, 4.69) is 9.47 Å². The fourth-order valence-electron chi connectivity index (χ4n) is 1.09. The first kappa shape index (κ1) is 20.3. The molecule has 0 aromatic heterocycles. The van der Waals surface area contributed by atoms with E-state index in [1.54, 1.807) is 0 Å². The van der Waals surface area contributed by atoms with Gasteiger partial charge in [-0.3, -0.25) is 9.59 Å². The molecule has 0 aromatic rings. The Bertz CT molecular complexity index is 395. The number of hydrogen-bond donors (Lipinski definition) is 0. The van der Waals surface area contributed by atoms with Gasteiger partial charge in [-0.1, -0.05) is 0 Å². The zero-order chi connectivity index (χ0) is 17.9. The summed E-state index contributed by atoms with van der Waals surface area (Å²) in [7, 11) is 0. The van der Waals surface area contributed by atoms with Gasteiger partial charge in [-0.2, -0.15) is 39.5 Å². The fraction of sp³-hybridized carbons (Fsp3) is 0.778. The average molecular weight is 350 g/mol. The summed E-state index contributed by atoms with van der Waals surface area (Å²) in [6, 6.07) is 0. The number of hydrogen-bond acceptors (Lipinski definition) is 4. The lowest BCUT2D eigenvalue weighted by molar-refractivity contribution is -0.317. The van der Waals surface area contributed by atoms with Gasteiger partial charge in [0.2, 0.25) is 5.92 Å². The first-order valence-corrected chi connectivity index (χ1v) is 5.19. The molecule has 1 atom stereocenters. The highest BCUT2D eigenvalue weighted by atomic mass is 19.4. The van der Waals surface area contributed by atoms with E-state index in [1.807, 2.05) is 0 Å². The van der Waals surface area contributed by atoms with Gasteiger partial charge in [0.15, 0.2) is 0 Å². The van der Waals surface area contributed by atoms with Crippen molar-refractivity contribution in [1.29, 1.82) is 0 Å². The molecule has 0 heterocycles. The van der Waals surface area contributed by atoms with Gasteiger partial charge in [0, 0.05) is 0 Å². The van der Waals surface area contributed by atoms with E-state index in [0.717, 1.165) is 6.92 Å². The average Bonchev–Trinajstić information content (AvgIpc) is 2.21. The molecular formula is C9H7F9O4. The Hall–Kier alpha value is -1.69. The van der Waals surface area contributed by atoms with Gasteiger partial charge in [-0.05, 0) is 6.92 Å². The van der Waals surface area contributed by atoms with E-state index in [0.29, 0.717) is 0 Å². The minimum Gasteiger partial charge on any atom is -0.465 e. The Labute approximate surface area is 116 Å². The van der Waals surface area contributed by atoms with Gasteiger partial charge in [0.1, 0.15) is 0 Å². The quantitative estimate of drug-likeness (QED) is 0.445. The topological polar surface area (TPSA) is 52.6 Å². The van der Waals surface area contributed by atoms with Crippen molar-refractivity contribution in [1.82, 2.24) is 0 Å². The van der Waals surface area contributed by atoms with E-state index in [-0.39, 0.29) is 0 Å². The van der Waals surface area contributed by atoms with Crippen LogP contribution in [0.1, 0.15) is 6.92 Å². The highest BCUT2D eigenvalue weighted by Gasteiger charge is 2.62. The Balaban J connectivity index is 5.45. The van der Waals surface area contributed by atoms with Crippen LogP contribution in [0.4, 0.5) is 39.5 Å². The number of alkyl halides is 9. The van der Waals surface area contributed by atoms with Crippen molar-refractivity contribution in [3.05, 3.63) is 0 Å². The van der Waals surface area contributed by atoms with Crippen molar-refractivity contribution in [2.45, 2.75) is 31.6 Å². The van der Waals surface area contributed by atoms with Crippen LogP contribution in [0, 0.1) is 5.92 Å². The monoisotopic (exact) mass is 350 g/mol. The first-order valence-electron chi connectivity index (χ1n) is 5.19. The maximum absolute atomic E-state index is 12.4. The number of esters is 2. The lowest BCUT2D eigenvalue weighted by Crippen LogP contribution is -2.49. The number of carbonyl (C=O) groups is 2. The summed E-state index contributed by atoms with van der Waals surface area (Å²) >= 11 is 0. The van der Waals surface area contributed by atoms with Crippen LogP contribution in [0.2, 0.25) is 0 Å². The molecule has 0 aliphatic carbocycles. The Kier molecular flexibility index (Phi) is 6.10. The normalized spacial score (nSPS) is 14.7. The van der Waals surface area contributed by atoms with Crippen LogP contribution in [-0.2, 0) is 19.1 Å². The first-order chi connectivity index (χ1) is 9.62.